The van der Waals surface area contributed by atoms with Gasteiger partial charge in [0.05, 0.1) is 0 Å². The van der Waals surface area contributed by atoms with Gasteiger partial charge in [0, 0.05) is 13.2 Å². The Hall–Kier alpha value is 1.27. The zero-order chi connectivity index (χ0) is 9.82. The molecule has 0 N–H and O–H groups in total. The van der Waals surface area contributed by atoms with Gasteiger partial charge in [0.2, 0.25) is 0 Å². The molecule has 0 heterocycles. The summed E-state index contributed by atoms with van der Waals surface area (Å²) in [6.45, 7) is 8.95. The van der Waals surface area contributed by atoms with E-state index in [4.69, 9.17) is 27.6 Å². The monoisotopic (exact) mass is 225 g/mol. The van der Waals surface area contributed by atoms with Crippen LogP contribution >= 0.6 is 18.1 Å². The van der Waals surface area contributed by atoms with Crippen molar-refractivity contribution in [2.24, 2.45) is 0 Å². The Morgan fingerprint density at radius 1 is 1.25 bits per heavy atom. The smallest absolute Gasteiger partial charge is 0.353 e. The second-order valence-corrected chi connectivity index (χ2v) is 4.36. The minimum Gasteiger partial charge on any atom is -0.353 e. The molecule has 0 aliphatic carbocycles. The second-order valence-electron chi connectivity index (χ2n) is 1.73. The van der Waals surface area contributed by atoms with Gasteiger partial charge in [-0.2, -0.15) is 0 Å². The summed E-state index contributed by atoms with van der Waals surface area (Å²) < 4.78 is 10.3. The van der Waals surface area contributed by atoms with Crippen molar-refractivity contribution in [2.45, 2.75) is 26.6 Å². The van der Waals surface area contributed by atoms with Crippen molar-refractivity contribution in [3.05, 3.63) is 6.92 Å². The number of rotatable bonds is 5. The Balaban J connectivity index is 0. The van der Waals surface area contributed by atoms with E-state index in [-0.39, 0.29) is 6.29 Å². The van der Waals surface area contributed by atoms with E-state index in [1.54, 1.807) is 0 Å². The summed E-state index contributed by atoms with van der Waals surface area (Å²) in [6, 6.07) is 0. The van der Waals surface area contributed by atoms with Gasteiger partial charge in [0.1, 0.15) is 0 Å². The predicted octanol–water partition coefficient (Wildman–Crippen LogP) is 2.61. The molecule has 1 radical (unpaired) electrons. The molecule has 0 aromatic rings. The largest absolute Gasteiger partial charge is 0.618 e. The molecule has 0 amide bonds. The van der Waals surface area contributed by atoms with Crippen molar-refractivity contribution >= 4 is 36.3 Å². The van der Waals surface area contributed by atoms with Gasteiger partial charge in [-0.1, -0.05) is 0 Å². The summed E-state index contributed by atoms with van der Waals surface area (Å²) in [4.78, 5) is 0. The zero-order valence-electron chi connectivity index (χ0n) is 7.69. The summed E-state index contributed by atoms with van der Waals surface area (Å²) in [5.41, 5.74) is 0. The van der Waals surface area contributed by atoms with Crippen LogP contribution in [0.2, 0.25) is 0 Å². The molecule has 0 saturated heterocycles. The van der Waals surface area contributed by atoms with Gasteiger partial charge in [-0.25, -0.2) is 0 Å². The van der Waals surface area contributed by atoms with Gasteiger partial charge < -0.3 is 27.6 Å². The average Bonchev–Trinajstić information content (AvgIpc) is 2.05. The van der Waals surface area contributed by atoms with Gasteiger partial charge in [0.15, 0.2) is 6.29 Å². The second kappa shape index (κ2) is 14.8. The summed E-state index contributed by atoms with van der Waals surface area (Å²) in [6.07, 6.45) is 0.585. The molecule has 0 aromatic heterocycles. The molecular weight excluding hydrogens is 211 g/mol. The van der Waals surface area contributed by atoms with Crippen LogP contribution in [0.4, 0.5) is 0 Å². The molecule has 0 aliphatic rings. The van der Waals surface area contributed by atoms with Crippen LogP contribution < -0.4 is 0 Å². The Morgan fingerprint density at radius 2 is 1.58 bits per heavy atom. The average molecular weight is 226 g/mol. The molecule has 0 rings (SSSR count). The highest BCUT2D eigenvalue weighted by Crippen LogP contribution is 1.97. The predicted molar refractivity (Wildman–Crippen MR) is 54.5 cm³/mol. The van der Waals surface area contributed by atoms with Crippen molar-refractivity contribution in [1.29, 1.82) is 0 Å². The number of hydrogen-bond acceptors (Lipinski definition) is 2. The van der Waals surface area contributed by atoms with Crippen molar-refractivity contribution in [2.75, 3.05) is 13.2 Å². The van der Waals surface area contributed by atoms with Crippen LogP contribution in [0.15, 0.2) is 0 Å². The lowest BCUT2D eigenvalue weighted by Gasteiger charge is -2.13. The van der Waals surface area contributed by atoms with Gasteiger partial charge in [-0.15, -0.1) is 0 Å². The Labute approximate surface area is 92.2 Å². The molecule has 5 heteroatoms. The van der Waals surface area contributed by atoms with E-state index in [1.807, 2.05) is 13.8 Å². The highest BCUT2D eigenvalue weighted by atomic mass is 35.6. The molecule has 0 aromatic carbocycles. The molecule has 0 aliphatic heterocycles. The first kappa shape index (κ1) is 15.7. The van der Waals surface area contributed by atoms with E-state index < -0.39 is 18.2 Å². The first-order valence-electron chi connectivity index (χ1n) is 3.91. The maximum atomic E-state index is 5.15. The Bertz CT molecular complexity index is 70.4. The van der Waals surface area contributed by atoms with Crippen LogP contribution in [0.5, 0.6) is 0 Å². The third-order valence-electron chi connectivity index (χ3n) is 0.941. The standard InChI is InChI=1S/C7H15O2.2ClH.Mg/c1-4-7(8-5-2)9-6-3;;;/h7H,1,4-6H2,2-3H3;2*1H;/q;;;+2/p-2. The fraction of sp³-hybridized carbons (Fsp3) is 0.857. The van der Waals surface area contributed by atoms with Crippen LogP contribution in [0.25, 0.3) is 0 Å². The van der Waals surface area contributed by atoms with E-state index in [1.165, 1.54) is 0 Å². The maximum Gasteiger partial charge on any atom is 0.618 e. The highest BCUT2D eigenvalue weighted by Gasteiger charge is 2.01. The lowest BCUT2D eigenvalue weighted by atomic mass is 10.5. The molecule has 2 nitrogen and oxygen atoms in total. The van der Waals surface area contributed by atoms with Crippen molar-refractivity contribution in [3.63, 3.8) is 0 Å². The minimum atomic E-state index is -0.639. The van der Waals surface area contributed by atoms with E-state index in [2.05, 4.69) is 6.92 Å². The maximum absolute atomic E-state index is 5.15. The third kappa shape index (κ3) is 13.8. The fourth-order valence-electron chi connectivity index (χ4n) is 0.587. The van der Waals surface area contributed by atoms with E-state index in [0.29, 0.717) is 19.6 Å². The van der Waals surface area contributed by atoms with Crippen LogP contribution in [0.3, 0.4) is 0 Å². The van der Waals surface area contributed by atoms with E-state index in [9.17, 15) is 0 Å². The normalized spacial score (nSPS) is 8.83. The fourth-order valence-corrected chi connectivity index (χ4v) is 0.587. The summed E-state index contributed by atoms with van der Waals surface area (Å²) >= 11 is -0.639. The number of halogens is 2. The summed E-state index contributed by atoms with van der Waals surface area (Å²) in [5.74, 6) is 0. The lowest BCUT2D eigenvalue weighted by Crippen LogP contribution is -2.15. The van der Waals surface area contributed by atoms with Gasteiger partial charge >= 0.3 is 18.2 Å². The van der Waals surface area contributed by atoms with Crippen LogP contribution in [-0.2, 0) is 9.47 Å². The third-order valence-corrected chi connectivity index (χ3v) is 0.941. The summed E-state index contributed by atoms with van der Waals surface area (Å²) in [5, 5.41) is 0. The number of hydrogen-bond donors (Lipinski definition) is 0. The van der Waals surface area contributed by atoms with E-state index in [0.717, 1.165) is 0 Å². The molecule has 0 unspecified atom stereocenters. The zero-order valence-corrected chi connectivity index (χ0v) is 10.6. The van der Waals surface area contributed by atoms with Crippen molar-refractivity contribution in [3.8, 4) is 0 Å². The number of ether oxygens (including phenoxy) is 2. The summed E-state index contributed by atoms with van der Waals surface area (Å²) in [7, 11) is 9.81. The lowest BCUT2D eigenvalue weighted by molar-refractivity contribution is -0.133. The van der Waals surface area contributed by atoms with Crippen molar-refractivity contribution < 1.29 is 9.47 Å². The van der Waals surface area contributed by atoms with E-state index >= 15 is 0 Å². The molecule has 0 bridgehead atoms. The molecule has 0 fully saturated rings. The Kier molecular flexibility index (Phi) is 19.4. The van der Waals surface area contributed by atoms with Gasteiger partial charge in [-0.3, -0.25) is 0 Å². The van der Waals surface area contributed by atoms with Crippen LogP contribution in [-0.4, -0.2) is 37.7 Å². The topological polar surface area (TPSA) is 18.5 Å². The molecule has 0 saturated carbocycles. The Morgan fingerprint density at radius 3 is 1.75 bits per heavy atom. The molecular formula is C7H15Cl2MgO2. The van der Waals surface area contributed by atoms with Gasteiger partial charge in [-0.05, 0) is 27.2 Å². The van der Waals surface area contributed by atoms with Gasteiger partial charge in [0.25, 0.3) is 0 Å². The van der Waals surface area contributed by atoms with Crippen molar-refractivity contribution in [1.82, 2.24) is 0 Å². The first-order valence-corrected chi connectivity index (χ1v) is 8.18. The highest BCUT2D eigenvalue weighted by molar-refractivity contribution is 7.22. The molecule has 71 valence electrons. The SMILES string of the molecule is [CH2]CC(OCC)OCC.[Cl][Mg][Cl]. The van der Waals surface area contributed by atoms with Crippen LogP contribution in [0.1, 0.15) is 20.3 Å². The minimum absolute atomic E-state index is 0.0972. The molecule has 0 atom stereocenters. The first-order chi connectivity index (χ1) is 5.76. The molecule has 0 spiro atoms. The molecule has 12 heavy (non-hydrogen) atoms. The van der Waals surface area contributed by atoms with Crippen LogP contribution in [0, 0.1) is 6.92 Å². The quantitative estimate of drug-likeness (QED) is 0.530.